The van der Waals surface area contributed by atoms with Crippen molar-refractivity contribution in [2.75, 3.05) is 53.6 Å². The summed E-state index contributed by atoms with van der Waals surface area (Å²) in [5.41, 5.74) is 3.52. The van der Waals surface area contributed by atoms with Crippen molar-refractivity contribution in [1.29, 1.82) is 0 Å². The van der Waals surface area contributed by atoms with Crippen molar-refractivity contribution >= 4 is 6.03 Å². The Labute approximate surface area is 183 Å². The second-order valence-electron chi connectivity index (χ2n) is 7.91. The summed E-state index contributed by atoms with van der Waals surface area (Å²) in [6.07, 6.45) is 0.800. The second-order valence-corrected chi connectivity index (χ2v) is 7.91. The van der Waals surface area contributed by atoms with Gasteiger partial charge in [0.05, 0.1) is 33.5 Å². The van der Waals surface area contributed by atoms with Gasteiger partial charge in [-0.05, 0) is 35.2 Å². The molecule has 0 aliphatic carbocycles. The van der Waals surface area contributed by atoms with Crippen LogP contribution in [0.3, 0.4) is 0 Å². The molecule has 1 fully saturated rings. The molecule has 166 valence electrons. The van der Waals surface area contributed by atoms with Gasteiger partial charge >= 0.3 is 6.03 Å². The van der Waals surface area contributed by atoms with Crippen LogP contribution in [0.5, 0.6) is 11.5 Å². The molecule has 2 aromatic carbocycles. The van der Waals surface area contributed by atoms with E-state index in [0.717, 1.165) is 44.0 Å². The lowest BCUT2D eigenvalue weighted by atomic mass is 9.99. The Kier molecular flexibility index (Phi) is 6.94. The number of nitrogens with one attached hydrogen (secondary N) is 1. The largest absolute Gasteiger partial charge is 0.493 e. The highest BCUT2D eigenvalue weighted by Gasteiger charge is 2.26. The Morgan fingerprint density at radius 3 is 2.39 bits per heavy atom. The van der Waals surface area contributed by atoms with Crippen LogP contribution in [-0.4, -0.2) is 69.4 Å². The molecule has 1 unspecified atom stereocenters. The molecule has 1 atom stereocenters. The fraction of sp³-hybridized carbons (Fsp3) is 0.458. The highest BCUT2D eigenvalue weighted by Crippen LogP contribution is 2.33. The maximum absolute atomic E-state index is 13.0. The molecule has 4 rings (SSSR count). The highest BCUT2D eigenvalue weighted by atomic mass is 16.5. The van der Waals surface area contributed by atoms with Gasteiger partial charge in [-0.15, -0.1) is 0 Å². The zero-order valence-electron chi connectivity index (χ0n) is 18.3. The van der Waals surface area contributed by atoms with E-state index in [0.29, 0.717) is 25.4 Å². The molecular formula is C24H31N3O4. The molecule has 0 bridgehead atoms. The minimum Gasteiger partial charge on any atom is -0.493 e. The molecule has 0 radical (unpaired) electrons. The van der Waals surface area contributed by atoms with Gasteiger partial charge in [0.15, 0.2) is 11.5 Å². The Bertz CT molecular complexity index is 884. The summed E-state index contributed by atoms with van der Waals surface area (Å²) in [7, 11) is 3.28. The van der Waals surface area contributed by atoms with Gasteiger partial charge in [-0.1, -0.05) is 30.3 Å². The van der Waals surface area contributed by atoms with Crippen LogP contribution < -0.4 is 14.8 Å². The van der Waals surface area contributed by atoms with Crippen LogP contribution in [0.4, 0.5) is 4.79 Å². The summed E-state index contributed by atoms with van der Waals surface area (Å²) in [5.74, 6) is 1.43. The maximum atomic E-state index is 13.0. The van der Waals surface area contributed by atoms with Gasteiger partial charge in [-0.25, -0.2) is 4.79 Å². The number of hydrogen-bond acceptors (Lipinski definition) is 5. The van der Waals surface area contributed by atoms with Gasteiger partial charge in [0, 0.05) is 32.7 Å². The van der Waals surface area contributed by atoms with E-state index in [1.807, 2.05) is 35.2 Å². The lowest BCUT2D eigenvalue weighted by Crippen LogP contribution is -2.47. The number of amides is 2. The first-order chi connectivity index (χ1) is 15.2. The first-order valence-corrected chi connectivity index (χ1v) is 10.8. The third kappa shape index (κ3) is 4.94. The molecule has 0 saturated carbocycles. The van der Waals surface area contributed by atoms with Crippen molar-refractivity contribution in [2.45, 2.75) is 19.0 Å². The summed E-state index contributed by atoms with van der Waals surface area (Å²) in [4.78, 5) is 17.3. The van der Waals surface area contributed by atoms with E-state index in [1.54, 1.807) is 14.2 Å². The molecule has 0 spiro atoms. The Balaban J connectivity index is 1.42. The van der Waals surface area contributed by atoms with Crippen molar-refractivity contribution in [3.8, 4) is 11.5 Å². The molecule has 1 N–H and O–H groups in total. The minimum absolute atomic E-state index is 0.0328. The molecule has 0 aromatic heterocycles. The van der Waals surface area contributed by atoms with Crippen LogP contribution in [0.2, 0.25) is 0 Å². The predicted molar refractivity (Wildman–Crippen MR) is 119 cm³/mol. The lowest BCUT2D eigenvalue weighted by Gasteiger charge is -2.36. The van der Waals surface area contributed by atoms with Crippen LogP contribution in [0.1, 0.15) is 22.7 Å². The number of urea groups is 1. The van der Waals surface area contributed by atoms with Gasteiger partial charge in [0.25, 0.3) is 0 Å². The number of rotatable bonds is 6. The molecule has 2 aliphatic heterocycles. The predicted octanol–water partition coefficient (Wildman–Crippen LogP) is 2.85. The minimum atomic E-state index is -0.0328. The van der Waals surface area contributed by atoms with E-state index in [-0.39, 0.29) is 12.1 Å². The molecule has 2 heterocycles. The molecule has 2 aromatic rings. The maximum Gasteiger partial charge on any atom is 0.317 e. The summed E-state index contributed by atoms with van der Waals surface area (Å²) in [6.45, 7) is 5.01. The van der Waals surface area contributed by atoms with Crippen molar-refractivity contribution < 1.29 is 19.0 Å². The molecule has 2 amide bonds. The Morgan fingerprint density at radius 2 is 1.71 bits per heavy atom. The Hall–Kier alpha value is -2.77. The van der Waals surface area contributed by atoms with E-state index in [9.17, 15) is 4.79 Å². The number of fused-ring (bicyclic) bond motifs is 1. The van der Waals surface area contributed by atoms with Crippen molar-refractivity contribution in [2.24, 2.45) is 0 Å². The molecule has 1 saturated heterocycles. The Morgan fingerprint density at radius 1 is 1.03 bits per heavy atom. The third-order valence-corrected chi connectivity index (χ3v) is 6.12. The van der Waals surface area contributed by atoms with Gasteiger partial charge in [0.1, 0.15) is 0 Å². The van der Waals surface area contributed by atoms with Crippen molar-refractivity contribution in [1.82, 2.24) is 15.1 Å². The fourth-order valence-electron chi connectivity index (χ4n) is 4.37. The standard InChI is InChI=1S/C24H31N3O4/c1-29-22-14-19-8-9-27(17-20(19)15-23(22)30-2)24(28)25-16-21(18-6-4-3-5-7-18)26-10-12-31-13-11-26/h3-7,14-15,21H,8-13,16-17H2,1-2H3,(H,25,28). The first-order valence-electron chi connectivity index (χ1n) is 10.8. The number of hydrogen-bond donors (Lipinski definition) is 1. The summed E-state index contributed by atoms with van der Waals surface area (Å²) < 4.78 is 16.4. The zero-order valence-corrected chi connectivity index (χ0v) is 18.3. The zero-order chi connectivity index (χ0) is 21.6. The van der Waals surface area contributed by atoms with E-state index in [4.69, 9.17) is 14.2 Å². The van der Waals surface area contributed by atoms with Crippen LogP contribution in [0, 0.1) is 0 Å². The van der Waals surface area contributed by atoms with Crippen LogP contribution in [0.25, 0.3) is 0 Å². The summed E-state index contributed by atoms with van der Waals surface area (Å²) in [6, 6.07) is 14.5. The molecule has 2 aliphatic rings. The highest BCUT2D eigenvalue weighted by molar-refractivity contribution is 5.74. The number of morpholine rings is 1. The van der Waals surface area contributed by atoms with E-state index < -0.39 is 0 Å². The molecule has 7 heteroatoms. The number of methoxy groups -OCH3 is 2. The normalized spacial score (nSPS) is 17.5. The molecular weight excluding hydrogens is 394 g/mol. The SMILES string of the molecule is COc1cc2c(cc1OC)CN(C(=O)NCC(c1ccccc1)N1CCOCC1)CC2. The molecule has 31 heavy (non-hydrogen) atoms. The second kappa shape index (κ2) is 10.0. The summed E-state index contributed by atoms with van der Waals surface area (Å²) >= 11 is 0. The lowest BCUT2D eigenvalue weighted by molar-refractivity contribution is 0.0164. The van der Waals surface area contributed by atoms with Crippen molar-refractivity contribution in [3.63, 3.8) is 0 Å². The van der Waals surface area contributed by atoms with Gasteiger partial charge in [-0.3, -0.25) is 4.90 Å². The van der Waals surface area contributed by atoms with E-state index >= 15 is 0 Å². The topological polar surface area (TPSA) is 63.3 Å². The monoisotopic (exact) mass is 425 g/mol. The number of carbonyl (C=O) groups is 1. The quantitative estimate of drug-likeness (QED) is 0.771. The van der Waals surface area contributed by atoms with Gasteiger partial charge in [-0.2, -0.15) is 0 Å². The van der Waals surface area contributed by atoms with Gasteiger partial charge < -0.3 is 24.4 Å². The van der Waals surface area contributed by atoms with Crippen LogP contribution in [-0.2, 0) is 17.7 Å². The number of carbonyl (C=O) groups excluding carboxylic acids is 1. The number of ether oxygens (including phenoxy) is 3. The number of benzene rings is 2. The van der Waals surface area contributed by atoms with Crippen LogP contribution >= 0.6 is 0 Å². The average Bonchev–Trinajstić information content (AvgIpc) is 2.84. The fourth-order valence-corrected chi connectivity index (χ4v) is 4.37. The summed E-state index contributed by atoms with van der Waals surface area (Å²) in [5, 5.41) is 3.18. The van der Waals surface area contributed by atoms with Crippen molar-refractivity contribution in [3.05, 3.63) is 59.2 Å². The van der Waals surface area contributed by atoms with Gasteiger partial charge in [0.2, 0.25) is 0 Å². The first kappa shape index (κ1) is 21.5. The number of nitrogens with zero attached hydrogens (tertiary/aromatic N) is 2. The molecule has 7 nitrogen and oxygen atoms in total. The van der Waals surface area contributed by atoms with E-state index in [1.165, 1.54) is 11.1 Å². The third-order valence-electron chi connectivity index (χ3n) is 6.12. The van der Waals surface area contributed by atoms with Crippen LogP contribution in [0.15, 0.2) is 42.5 Å². The smallest absolute Gasteiger partial charge is 0.317 e. The van der Waals surface area contributed by atoms with E-state index in [2.05, 4.69) is 22.3 Å². The average molecular weight is 426 g/mol.